The maximum Gasteiger partial charge on any atom is 0.287 e. The van der Waals surface area contributed by atoms with Crippen molar-refractivity contribution < 1.29 is 9.21 Å². The molecule has 0 fully saturated rings. The van der Waals surface area contributed by atoms with Crippen LogP contribution in [-0.2, 0) is 0 Å². The summed E-state index contributed by atoms with van der Waals surface area (Å²) in [6, 6.07) is 14.1. The van der Waals surface area contributed by atoms with Crippen LogP contribution in [0.15, 0.2) is 46.9 Å². The number of carbonyl (C=O) groups excluding carboxylic acids is 1. The predicted molar refractivity (Wildman–Crippen MR) is 94.7 cm³/mol. The van der Waals surface area contributed by atoms with Crippen molar-refractivity contribution in [2.45, 2.75) is 33.7 Å². The van der Waals surface area contributed by atoms with Gasteiger partial charge in [-0.25, -0.2) is 0 Å². The maximum atomic E-state index is 12.6. The third-order valence-electron chi connectivity index (χ3n) is 4.38. The van der Waals surface area contributed by atoms with E-state index in [0.717, 1.165) is 21.7 Å². The lowest BCUT2D eigenvalue weighted by Crippen LogP contribution is -2.42. The van der Waals surface area contributed by atoms with E-state index in [1.807, 2.05) is 30.3 Å². The highest BCUT2D eigenvalue weighted by molar-refractivity contribution is 6.08. The Balaban J connectivity index is 1.97. The van der Waals surface area contributed by atoms with E-state index in [9.17, 15) is 4.79 Å². The molecular formula is C20H23NO2. The summed E-state index contributed by atoms with van der Waals surface area (Å²) in [4.78, 5) is 12.6. The van der Waals surface area contributed by atoms with Gasteiger partial charge < -0.3 is 9.73 Å². The fourth-order valence-corrected chi connectivity index (χ4v) is 3.23. The fraction of sp³-hybridized carbons (Fsp3) is 0.350. The van der Waals surface area contributed by atoms with Crippen LogP contribution in [-0.4, -0.2) is 11.9 Å². The second-order valence-corrected chi connectivity index (χ2v) is 6.80. The van der Waals surface area contributed by atoms with Crippen molar-refractivity contribution in [2.24, 2.45) is 11.8 Å². The molecule has 120 valence electrons. The van der Waals surface area contributed by atoms with E-state index in [1.165, 1.54) is 0 Å². The molecule has 0 atom stereocenters. The molecule has 2 aromatic carbocycles. The normalized spacial score (nSPS) is 12.0. The third-order valence-corrected chi connectivity index (χ3v) is 4.38. The van der Waals surface area contributed by atoms with E-state index in [-0.39, 0.29) is 11.9 Å². The SMILES string of the molecule is CC(C)C(NC(=O)c1cc2c(ccc3ccccc32)o1)C(C)C. The first kappa shape index (κ1) is 15.6. The lowest BCUT2D eigenvalue weighted by atomic mass is 9.93. The molecule has 1 amide bonds. The molecule has 0 aliphatic carbocycles. The Morgan fingerprint density at radius 1 is 0.957 bits per heavy atom. The molecule has 3 nitrogen and oxygen atoms in total. The van der Waals surface area contributed by atoms with Crippen LogP contribution in [0.4, 0.5) is 0 Å². The molecule has 23 heavy (non-hydrogen) atoms. The monoisotopic (exact) mass is 309 g/mol. The number of amides is 1. The summed E-state index contributed by atoms with van der Waals surface area (Å²) < 4.78 is 5.79. The molecule has 0 aliphatic heterocycles. The minimum absolute atomic E-state index is 0.132. The van der Waals surface area contributed by atoms with Crippen LogP contribution in [0.3, 0.4) is 0 Å². The second-order valence-electron chi connectivity index (χ2n) is 6.80. The van der Waals surface area contributed by atoms with Gasteiger partial charge in [0, 0.05) is 11.4 Å². The molecule has 0 spiro atoms. The molecule has 0 saturated carbocycles. The van der Waals surface area contributed by atoms with Gasteiger partial charge in [-0.1, -0.05) is 58.0 Å². The van der Waals surface area contributed by atoms with E-state index in [1.54, 1.807) is 0 Å². The van der Waals surface area contributed by atoms with E-state index in [2.05, 4.69) is 45.1 Å². The highest BCUT2D eigenvalue weighted by Gasteiger charge is 2.22. The molecule has 3 heteroatoms. The quantitative estimate of drug-likeness (QED) is 0.737. The Morgan fingerprint density at radius 2 is 1.65 bits per heavy atom. The number of hydrogen-bond acceptors (Lipinski definition) is 2. The first-order valence-corrected chi connectivity index (χ1v) is 8.19. The summed E-state index contributed by atoms with van der Waals surface area (Å²) in [5.74, 6) is 0.994. The van der Waals surface area contributed by atoms with Gasteiger partial charge in [-0.2, -0.15) is 0 Å². The Morgan fingerprint density at radius 3 is 2.35 bits per heavy atom. The average Bonchev–Trinajstić information content (AvgIpc) is 2.96. The first-order chi connectivity index (χ1) is 11.0. The molecule has 0 unspecified atom stereocenters. The van der Waals surface area contributed by atoms with Crippen LogP contribution >= 0.6 is 0 Å². The Bertz CT molecular complexity index is 837. The van der Waals surface area contributed by atoms with Gasteiger partial charge in [-0.05, 0) is 34.7 Å². The predicted octanol–water partition coefficient (Wildman–Crippen LogP) is 5.00. The highest BCUT2D eigenvalue weighted by atomic mass is 16.3. The number of nitrogens with one attached hydrogen (secondary N) is 1. The van der Waals surface area contributed by atoms with Crippen LogP contribution in [0.25, 0.3) is 21.7 Å². The average molecular weight is 309 g/mol. The zero-order valence-electron chi connectivity index (χ0n) is 14.1. The summed E-state index contributed by atoms with van der Waals surface area (Å²) in [5, 5.41) is 6.35. The maximum absolute atomic E-state index is 12.6. The number of hydrogen-bond donors (Lipinski definition) is 1. The largest absolute Gasteiger partial charge is 0.451 e. The van der Waals surface area contributed by atoms with Gasteiger partial charge in [-0.15, -0.1) is 0 Å². The second kappa shape index (κ2) is 6.07. The molecule has 0 bridgehead atoms. The van der Waals surface area contributed by atoms with Gasteiger partial charge >= 0.3 is 0 Å². The minimum atomic E-state index is -0.141. The summed E-state index contributed by atoms with van der Waals surface area (Å²) >= 11 is 0. The van der Waals surface area contributed by atoms with Gasteiger partial charge in [0.2, 0.25) is 0 Å². The van der Waals surface area contributed by atoms with Crippen molar-refractivity contribution >= 4 is 27.6 Å². The topological polar surface area (TPSA) is 42.2 Å². The summed E-state index contributed by atoms with van der Waals surface area (Å²) in [6.45, 7) is 8.49. The highest BCUT2D eigenvalue weighted by Crippen LogP contribution is 2.28. The van der Waals surface area contributed by atoms with Crippen molar-refractivity contribution in [3.63, 3.8) is 0 Å². The first-order valence-electron chi connectivity index (χ1n) is 8.19. The van der Waals surface area contributed by atoms with Gasteiger partial charge in [-0.3, -0.25) is 4.79 Å². The van der Waals surface area contributed by atoms with E-state index >= 15 is 0 Å². The molecule has 1 N–H and O–H groups in total. The Kier molecular flexibility index (Phi) is 4.12. The van der Waals surface area contributed by atoms with Gasteiger partial charge in [0.05, 0.1) is 0 Å². The van der Waals surface area contributed by atoms with E-state index in [0.29, 0.717) is 17.6 Å². The van der Waals surface area contributed by atoms with Crippen LogP contribution in [0.1, 0.15) is 38.2 Å². The molecule has 3 aromatic rings. The Labute approximate surface area is 136 Å². The van der Waals surface area contributed by atoms with Crippen LogP contribution in [0, 0.1) is 11.8 Å². The molecule has 0 radical (unpaired) electrons. The molecular weight excluding hydrogens is 286 g/mol. The van der Waals surface area contributed by atoms with Gasteiger partial charge in [0.1, 0.15) is 5.58 Å². The standard InChI is InChI=1S/C20H23NO2/c1-12(2)19(13(3)4)21-20(22)18-11-16-15-8-6-5-7-14(15)9-10-17(16)23-18/h5-13,19H,1-4H3,(H,21,22). The third kappa shape index (κ3) is 2.96. The lowest BCUT2D eigenvalue weighted by molar-refractivity contribution is 0.0884. The summed E-state index contributed by atoms with van der Waals surface area (Å²) in [6.07, 6.45) is 0. The van der Waals surface area contributed by atoms with Crippen molar-refractivity contribution in [3.8, 4) is 0 Å². The summed E-state index contributed by atoms with van der Waals surface area (Å²) in [7, 11) is 0. The number of benzene rings is 2. The minimum Gasteiger partial charge on any atom is -0.451 e. The van der Waals surface area contributed by atoms with Crippen molar-refractivity contribution in [1.29, 1.82) is 0 Å². The zero-order chi connectivity index (χ0) is 16.6. The van der Waals surface area contributed by atoms with Crippen LogP contribution < -0.4 is 5.32 Å². The summed E-state index contributed by atoms with van der Waals surface area (Å²) in [5.41, 5.74) is 0.750. The smallest absolute Gasteiger partial charge is 0.287 e. The fourth-order valence-electron chi connectivity index (χ4n) is 3.23. The number of carbonyl (C=O) groups is 1. The van der Waals surface area contributed by atoms with Crippen LogP contribution in [0.5, 0.6) is 0 Å². The molecule has 3 rings (SSSR count). The molecule has 1 heterocycles. The number of fused-ring (bicyclic) bond motifs is 3. The van der Waals surface area contributed by atoms with E-state index in [4.69, 9.17) is 4.42 Å². The lowest BCUT2D eigenvalue weighted by Gasteiger charge is -2.25. The Hall–Kier alpha value is -2.29. The zero-order valence-corrected chi connectivity index (χ0v) is 14.1. The van der Waals surface area contributed by atoms with Crippen molar-refractivity contribution in [1.82, 2.24) is 5.32 Å². The number of furan rings is 1. The molecule has 0 aliphatic rings. The molecule has 1 aromatic heterocycles. The van der Waals surface area contributed by atoms with Gasteiger partial charge in [0.25, 0.3) is 5.91 Å². The van der Waals surface area contributed by atoms with E-state index < -0.39 is 0 Å². The van der Waals surface area contributed by atoms with Crippen molar-refractivity contribution in [2.75, 3.05) is 0 Å². The molecule has 0 saturated heterocycles. The van der Waals surface area contributed by atoms with Crippen LogP contribution in [0.2, 0.25) is 0 Å². The number of rotatable bonds is 4. The van der Waals surface area contributed by atoms with Crippen molar-refractivity contribution in [3.05, 3.63) is 48.2 Å². The van der Waals surface area contributed by atoms with Gasteiger partial charge in [0.15, 0.2) is 5.76 Å².